The molecule has 0 aromatic heterocycles. The summed E-state index contributed by atoms with van der Waals surface area (Å²) in [5.41, 5.74) is 0.324. The van der Waals surface area contributed by atoms with Crippen LogP contribution in [-0.4, -0.2) is 25.5 Å². The highest BCUT2D eigenvalue weighted by atomic mass is 16.1. The van der Waals surface area contributed by atoms with Crippen LogP contribution in [0.5, 0.6) is 0 Å². The smallest absolute Gasteiger partial charge is 0.220 e. The molecule has 1 aliphatic carbocycles. The first-order valence-corrected chi connectivity index (χ1v) is 6.15. The minimum absolute atomic E-state index is 0.261. The van der Waals surface area contributed by atoms with E-state index in [1.165, 1.54) is 25.7 Å². The van der Waals surface area contributed by atoms with Gasteiger partial charge in [0.1, 0.15) is 0 Å². The van der Waals surface area contributed by atoms with Gasteiger partial charge in [-0.05, 0) is 50.1 Å². The molecule has 3 nitrogen and oxygen atoms in total. The largest absolute Gasteiger partial charge is 0.356 e. The average molecular weight is 210 g/mol. The third-order valence-corrected chi connectivity index (χ3v) is 3.69. The fraction of sp³-hybridized carbons (Fsp3) is 0.917. The van der Waals surface area contributed by atoms with E-state index in [-0.39, 0.29) is 5.91 Å². The lowest BCUT2D eigenvalue weighted by Gasteiger charge is -2.34. The standard InChI is InChI=1S/C12H22N2O/c1-12(4-6-13-7-5-12)9-14-11(15)8-10-2-3-10/h10,13H,2-9H2,1H3,(H,14,15). The second-order valence-corrected chi connectivity index (χ2v) is 5.48. The zero-order chi connectivity index (χ0) is 10.7. The molecule has 1 saturated heterocycles. The highest BCUT2D eigenvalue weighted by Gasteiger charge is 2.28. The van der Waals surface area contributed by atoms with E-state index in [2.05, 4.69) is 17.6 Å². The predicted octanol–water partition coefficient (Wildman–Crippen LogP) is 1.29. The van der Waals surface area contributed by atoms with Crippen molar-refractivity contribution in [3.05, 3.63) is 0 Å². The molecular formula is C12H22N2O. The van der Waals surface area contributed by atoms with Gasteiger partial charge in [0.15, 0.2) is 0 Å². The lowest BCUT2D eigenvalue weighted by molar-refractivity contribution is -0.122. The normalized spacial score (nSPS) is 24.9. The van der Waals surface area contributed by atoms with E-state index >= 15 is 0 Å². The van der Waals surface area contributed by atoms with Gasteiger partial charge >= 0.3 is 0 Å². The fourth-order valence-electron chi connectivity index (χ4n) is 2.18. The molecule has 1 amide bonds. The van der Waals surface area contributed by atoms with Crippen LogP contribution in [0.15, 0.2) is 0 Å². The van der Waals surface area contributed by atoms with Crippen LogP contribution in [0.3, 0.4) is 0 Å². The molecule has 0 bridgehead atoms. The van der Waals surface area contributed by atoms with E-state index in [0.29, 0.717) is 11.3 Å². The maximum atomic E-state index is 11.6. The molecular weight excluding hydrogens is 188 g/mol. The molecule has 86 valence electrons. The molecule has 2 N–H and O–H groups in total. The van der Waals surface area contributed by atoms with Crippen LogP contribution in [0.2, 0.25) is 0 Å². The summed E-state index contributed by atoms with van der Waals surface area (Å²) in [5.74, 6) is 0.961. The molecule has 0 aromatic rings. The summed E-state index contributed by atoms with van der Waals surface area (Å²) in [6.45, 7) is 5.33. The van der Waals surface area contributed by atoms with Crippen molar-refractivity contribution >= 4 is 5.91 Å². The second-order valence-electron chi connectivity index (χ2n) is 5.48. The van der Waals surface area contributed by atoms with Gasteiger partial charge in [0.05, 0.1) is 0 Å². The predicted molar refractivity (Wildman–Crippen MR) is 60.6 cm³/mol. The van der Waals surface area contributed by atoms with E-state index in [1.54, 1.807) is 0 Å². The molecule has 0 radical (unpaired) electrons. The Kier molecular flexibility index (Phi) is 3.29. The molecule has 2 fully saturated rings. The Balaban J connectivity index is 1.68. The van der Waals surface area contributed by atoms with Crippen molar-refractivity contribution in [2.75, 3.05) is 19.6 Å². The summed E-state index contributed by atoms with van der Waals surface area (Å²) in [6.07, 6.45) is 5.63. The lowest BCUT2D eigenvalue weighted by atomic mass is 9.81. The highest BCUT2D eigenvalue weighted by molar-refractivity contribution is 5.76. The Morgan fingerprint density at radius 3 is 2.67 bits per heavy atom. The van der Waals surface area contributed by atoms with Gasteiger partial charge in [-0.25, -0.2) is 0 Å². The molecule has 0 atom stereocenters. The van der Waals surface area contributed by atoms with E-state index in [1.807, 2.05) is 0 Å². The third-order valence-electron chi connectivity index (χ3n) is 3.69. The molecule has 1 saturated carbocycles. The Labute approximate surface area is 92.0 Å². The van der Waals surface area contributed by atoms with Gasteiger partial charge in [0, 0.05) is 13.0 Å². The number of nitrogens with one attached hydrogen (secondary N) is 2. The van der Waals surface area contributed by atoms with Crippen molar-refractivity contribution in [2.24, 2.45) is 11.3 Å². The van der Waals surface area contributed by atoms with Crippen LogP contribution >= 0.6 is 0 Å². The van der Waals surface area contributed by atoms with E-state index in [4.69, 9.17) is 0 Å². The quantitative estimate of drug-likeness (QED) is 0.734. The Morgan fingerprint density at radius 1 is 1.40 bits per heavy atom. The van der Waals surface area contributed by atoms with Crippen LogP contribution in [0, 0.1) is 11.3 Å². The van der Waals surface area contributed by atoms with Gasteiger partial charge < -0.3 is 10.6 Å². The van der Waals surface area contributed by atoms with Gasteiger partial charge in [-0.15, -0.1) is 0 Å². The maximum absolute atomic E-state index is 11.6. The Bertz CT molecular complexity index is 230. The number of hydrogen-bond acceptors (Lipinski definition) is 2. The summed E-state index contributed by atoms with van der Waals surface area (Å²) >= 11 is 0. The van der Waals surface area contributed by atoms with E-state index in [9.17, 15) is 4.79 Å². The zero-order valence-electron chi connectivity index (χ0n) is 9.64. The topological polar surface area (TPSA) is 41.1 Å². The molecule has 0 spiro atoms. The molecule has 2 rings (SSSR count). The summed E-state index contributed by atoms with van der Waals surface area (Å²) in [6, 6.07) is 0. The van der Waals surface area contributed by atoms with Crippen molar-refractivity contribution in [3.8, 4) is 0 Å². The SMILES string of the molecule is CC1(CNC(=O)CC2CC2)CCNCC1. The summed E-state index contributed by atoms with van der Waals surface area (Å²) < 4.78 is 0. The van der Waals surface area contributed by atoms with Gasteiger partial charge in [0.2, 0.25) is 5.91 Å². The van der Waals surface area contributed by atoms with Gasteiger partial charge in [0.25, 0.3) is 0 Å². The van der Waals surface area contributed by atoms with E-state index < -0.39 is 0 Å². The number of hydrogen-bond donors (Lipinski definition) is 2. The summed E-state index contributed by atoms with van der Waals surface area (Å²) in [4.78, 5) is 11.6. The van der Waals surface area contributed by atoms with E-state index in [0.717, 1.165) is 26.1 Å². The van der Waals surface area contributed by atoms with Gasteiger partial charge in [-0.3, -0.25) is 4.79 Å². The number of carbonyl (C=O) groups excluding carboxylic acids is 1. The molecule has 2 aliphatic rings. The first-order valence-electron chi connectivity index (χ1n) is 6.15. The first-order chi connectivity index (χ1) is 7.18. The molecule has 1 aliphatic heterocycles. The van der Waals surface area contributed by atoms with Crippen LogP contribution in [0.4, 0.5) is 0 Å². The molecule has 3 heteroatoms. The number of piperidine rings is 1. The monoisotopic (exact) mass is 210 g/mol. The number of carbonyl (C=O) groups is 1. The highest BCUT2D eigenvalue weighted by Crippen LogP contribution is 2.32. The molecule has 1 heterocycles. The lowest BCUT2D eigenvalue weighted by Crippen LogP contribution is -2.42. The fourth-order valence-corrected chi connectivity index (χ4v) is 2.18. The van der Waals surface area contributed by atoms with Gasteiger partial charge in [-0.2, -0.15) is 0 Å². The summed E-state index contributed by atoms with van der Waals surface area (Å²) in [7, 11) is 0. The second kappa shape index (κ2) is 4.52. The van der Waals surface area contributed by atoms with Crippen molar-refractivity contribution in [1.82, 2.24) is 10.6 Å². The number of amides is 1. The van der Waals surface area contributed by atoms with Gasteiger partial charge in [-0.1, -0.05) is 6.92 Å². The minimum atomic E-state index is 0.261. The van der Waals surface area contributed by atoms with Crippen LogP contribution < -0.4 is 10.6 Å². The Hall–Kier alpha value is -0.570. The minimum Gasteiger partial charge on any atom is -0.356 e. The molecule has 0 unspecified atom stereocenters. The zero-order valence-corrected chi connectivity index (χ0v) is 9.64. The van der Waals surface area contributed by atoms with Crippen molar-refractivity contribution in [2.45, 2.75) is 39.0 Å². The van der Waals surface area contributed by atoms with Crippen molar-refractivity contribution < 1.29 is 4.79 Å². The molecule has 0 aromatic carbocycles. The average Bonchev–Trinajstić information content (AvgIpc) is 3.00. The van der Waals surface area contributed by atoms with Crippen molar-refractivity contribution in [3.63, 3.8) is 0 Å². The maximum Gasteiger partial charge on any atom is 0.220 e. The third kappa shape index (κ3) is 3.49. The van der Waals surface area contributed by atoms with Crippen LogP contribution in [0.1, 0.15) is 39.0 Å². The Morgan fingerprint density at radius 2 is 2.07 bits per heavy atom. The first kappa shape index (κ1) is 10.9. The number of rotatable bonds is 4. The van der Waals surface area contributed by atoms with Crippen LogP contribution in [-0.2, 0) is 4.79 Å². The van der Waals surface area contributed by atoms with Crippen molar-refractivity contribution in [1.29, 1.82) is 0 Å². The molecule has 15 heavy (non-hydrogen) atoms. The summed E-state index contributed by atoms with van der Waals surface area (Å²) in [5, 5.41) is 6.45. The van der Waals surface area contributed by atoms with Crippen LogP contribution in [0.25, 0.3) is 0 Å².